The predicted molar refractivity (Wildman–Crippen MR) is 104 cm³/mol. The normalized spacial score (nSPS) is 16.0. The zero-order valence-electron chi connectivity index (χ0n) is 14.9. The smallest absolute Gasteiger partial charge is 0.261 e. The van der Waals surface area contributed by atoms with Gasteiger partial charge in [-0.25, -0.2) is 13.4 Å². The van der Waals surface area contributed by atoms with Gasteiger partial charge in [0.2, 0.25) is 0 Å². The Kier molecular flexibility index (Phi) is 4.44. The first-order valence-electron chi connectivity index (χ1n) is 9.09. The maximum Gasteiger partial charge on any atom is 0.261 e. The fraction of sp³-hybridized carbons (Fsp3) is 0.350. The number of nitrogens with one attached hydrogen (secondary N) is 1. The van der Waals surface area contributed by atoms with Crippen LogP contribution in [0.15, 0.2) is 53.7 Å². The summed E-state index contributed by atoms with van der Waals surface area (Å²) in [6.45, 7) is 1.93. The van der Waals surface area contributed by atoms with Gasteiger partial charge in [0, 0.05) is 6.04 Å². The summed E-state index contributed by atoms with van der Waals surface area (Å²) in [6.07, 6.45) is 8.10. The van der Waals surface area contributed by atoms with Gasteiger partial charge in [-0.1, -0.05) is 37.0 Å². The van der Waals surface area contributed by atoms with Gasteiger partial charge in [0.25, 0.3) is 10.0 Å². The number of benzene rings is 2. The van der Waals surface area contributed by atoms with Crippen LogP contribution in [0, 0.1) is 6.92 Å². The van der Waals surface area contributed by atoms with Crippen LogP contribution >= 0.6 is 0 Å². The van der Waals surface area contributed by atoms with Crippen molar-refractivity contribution in [2.75, 3.05) is 4.72 Å². The minimum absolute atomic E-state index is 0.260. The summed E-state index contributed by atoms with van der Waals surface area (Å²) in [7, 11) is -3.60. The maximum absolute atomic E-state index is 12.6. The molecule has 0 radical (unpaired) electrons. The van der Waals surface area contributed by atoms with Crippen molar-refractivity contribution in [1.29, 1.82) is 0 Å². The van der Waals surface area contributed by atoms with Crippen LogP contribution in [-0.2, 0) is 10.0 Å². The Morgan fingerprint density at radius 3 is 2.50 bits per heavy atom. The molecule has 3 aromatic rings. The van der Waals surface area contributed by atoms with Gasteiger partial charge in [0.1, 0.15) is 0 Å². The minimum Gasteiger partial charge on any atom is -0.327 e. The van der Waals surface area contributed by atoms with Crippen LogP contribution in [0.3, 0.4) is 0 Å². The topological polar surface area (TPSA) is 64.0 Å². The van der Waals surface area contributed by atoms with Crippen LogP contribution in [0.5, 0.6) is 0 Å². The first-order chi connectivity index (χ1) is 12.5. The van der Waals surface area contributed by atoms with E-state index in [0.29, 0.717) is 11.7 Å². The van der Waals surface area contributed by atoms with Crippen LogP contribution in [0.4, 0.5) is 5.69 Å². The fourth-order valence-electron chi connectivity index (χ4n) is 3.68. The summed E-state index contributed by atoms with van der Waals surface area (Å²) in [4.78, 5) is 4.76. The zero-order chi connectivity index (χ0) is 18.1. The number of hydrogen-bond donors (Lipinski definition) is 1. The molecule has 26 heavy (non-hydrogen) atoms. The molecule has 0 amide bonds. The van der Waals surface area contributed by atoms with Gasteiger partial charge in [-0.15, -0.1) is 0 Å². The summed E-state index contributed by atoms with van der Waals surface area (Å²) < 4.78 is 30.0. The van der Waals surface area contributed by atoms with Crippen molar-refractivity contribution in [2.24, 2.45) is 0 Å². The molecule has 1 fully saturated rings. The Hall–Kier alpha value is -2.34. The molecule has 0 spiro atoms. The molecular formula is C20H23N3O2S. The molecule has 0 aliphatic heterocycles. The number of aromatic nitrogens is 2. The molecule has 1 saturated carbocycles. The summed E-state index contributed by atoms with van der Waals surface area (Å²) in [6, 6.07) is 12.9. The third kappa shape index (κ3) is 3.33. The number of hydrogen-bond acceptors (Lipinski definition) is 3. The number of fused-ring (bicyclic) bond motifs is 1. The van der Waals surface area contributed by atoms with Crippen LogP contribution in [0.2, 0.25) is 0 Å². The van der Waals surface area contributed by atoms with Crippen molar-refractivity contribution in [1.82, 2.24) is 9.55 Å². The Bertz CT molecular complexity index is 1020. The average Bonchev–Trinajstić information content (AvgIpc) is 3.05. The first kappa shape index (κ1) is 17.1. The molecule has 2 aromatic carbocycles. The van der Waals surface area contributed by atoms with Gasteiger partial charge in [0.15, 0.2) is 0 Å². The molecule has 6 heteroatoms. The van der Waals surface area contributed by atoms with E-state index in [-0.39, 0.29) is 4.90 Å². The second kappa shape index (κ2) is 6.76. The lowest BCUT2D eigenvalue weighted by Crippen LogP contribution is -2.13. The number of rotatable bonds is 4. The highest BCUT2D eigenvalue weighted by Crippen LogP contribution is 2.31. The predicted octanol–water partition coefficient (Wildman–Crippen LogP) is 4.65. The van der Waals surface area contributed by atoms with Gasteiger partial charge >= 0.3 is 0 Å². The van der Waals surface area contributed by atoms with Crippen LogP contribution in [0.25, 0.3) is 11.0 Å². The fourth-order valence-corrected chi connectivity index (χ4v) is 4.73. The number of aryl methyl sites for hydroxylation is 1. The van der Waals surface area contributed by atoms with Gasteiger partial charge in [0.05, 0.1) is 27.9 Å². The monoisotopic (exact) mass is 369 g/mol. The highest BCUT2D eigenvalue weighted by atomic mass is 32.2. The Morgan fingerprint density at radius 2 is 1.77 bits per heavy atom. The molecule has 0 bridgehead atoms. The molecule has 1 aliphatic rings. The lowest BCUT2D eigenvalue weighted by atomic mass is 9.95. The molecule has 136 valence electrons. The quantitative estimate of drug-likeness (QED) is 0.728. The maximum atomic E-state index is 12.6. The van der Waals surface area contributed by atoms with E-state index in [2.05, 4.69) is 14.3 Å². The second-order valence-electron chi connectivity index (χ2n) is 7.07. The van der Waals surface area contributed by atoms with Crippen molar-refractivity contribution in [2.45, 2.75) is 50.0 Å². The van der Waals surface area contributed by atoms with E-state index in [4.69, 9.17) is 0 Å². The highest BCUT2D eigenvalue weighted by molar-refractivity contribution is 7.92. The SMILES string of the molecule is Cc1ccc(S(=O)(=O)Nc2ccc3c(c2)ncn3C2CCCCC2)cc1. The van der Waals surface area contributed by atoms with Gasteiger partial charge in [-0.05, 0) is 50.1 Å². The molecule has 1 aliphatic carbocycles. The van der Waals surface area contributed by atoms with E-state index in [1.54, 1.807) is 30.3 Å². The molecule has 1 aromatic heterocycles. The molecule has 0 saturated heterocycles. The lowest BCUT2D eigenvalue weighted by Gasteiger charge is -2.23. The summed E-state index contributed by atoms with van der Waals surface area (Å²) >= 11 is 0. The minimum atomic E-state index is -3.60. The lowest BCUT2D eigenvalue weighted by molar-refractivity contribution is 0.359. The molecule has 1 N–H and O–H groups in total. The third-order valence-corrected chi connectivity index (χ3v) is 6.52. The molecule has 1 heterocycles. The van der Waals surface area contributed by atoms with Gasteiger partial charge in [-0.3, -0.25) is 4.72 Å². The molecule has 0 unspecified atom stereocenters. The highest BCUT2D eigenvalue weighted by Gasteiger charge is 2.18. The number of imidazole rings is 1. The van der Waals surface area contributed by atoms with E-state index in [9.17, 15) is 8.42 Å². The van der Waals surface area contributed by atoms with Crippen molar-refractivity contribution in [3.05, 3.63) is 54.4 Å². The molecule has 5 nitrogen and oxygen atoms in total. The van der Waals surface area contributed by atoms with E-state index < -0.39 is 10.0 Å². The number of nitrogens with zero attached hydrogens (tertiary/aromatic N) is 2. The van der Waals surface area contributed by atoms with Crippen molar-refractivity contribution >= 4 is 26.7 Å². The summed E-state index contributed by atoms with van der Waals surface area (Å²) in [5, 5.41) is 0. The Balaban J connectivity index is 1.60. The van der Waals surface area contributed by atoms with E-state index in [1.165, 1.54) is 32.1 Å². The van der Waals surface area contributed by atoms with Crippen molar-refractivity contribution in [3.63, 3.8) is 0 Å². The van der Waals surface area contributed by atoms with E-state index >= 15 is 0 Å². The summed E-state index contributed by atoms with van der Waals surface area (Å²) in [5.41, 5.74) is 3.44. The Labute approximate surface area is 154 Å². The van der Waals surface area contributed by atoms with Gasteiger partial charge < -0.3 is 4.57 Å². The summed E-state index contributed by atoms with van der Waals surface area (Å²) in [5.74, 6) is 0. The molecule has 0 atom stereocenters. The largest absolute Gasteiger partial charge is 0.327 e. The van der Waals surface area contributed by atoms with Crippen molar-refractivity contribution in [3.8, 4) is 0 Å². The third-order valence-electron chi connectivity index (χ3n) is 5.13. The van der Waals surface area contributed by atoms with E-state index in [0.717, 1.165) is 16.6 Å². The van der Waals surface area contributed by atoms with Gasteiger partial charge in [-0.2, -0.15) is 0 Å². The van der Waals surface area contributed by atoms with Crippen LogP contribution < -0.4 is 4.72 Å². The molecular weight excluding hydrogens is 346 g/mol. The first-order valence-corrected chi connectivity index (χ1v) is 10.6. The average molecular weight is 369 g/mol. The van der Waals surface area contributed by atoms with Crippen molar-refractivity contribution < 1.29 is 8.42 Å². The molecule has 4 rings (SSSR count). The number of sulfonamides is 1. The van der Waals surface area contributed by atoms with Crippen LogP contribution in [0.1, 0.15) is 43.7 Å². The second-order valence-corrected chi connectivity index (χ2v) is 8.75. The standard InChI is InChI=1S/C20H23N3O2S/c1-15-7-10-18(11-8-15)26(24,25)22-16-9-12-20-19(13-16)21-14-23(20)17-5-3-2-4-6-17/h7-14,17,22H,2-6H2,1H3. The number of anilines is 1. The van der Waals surface area contributed by atoms with E-state index in [1.807, 2.05) is 25.4 Å². The van der Waals surface area contributed by atoms with Crippen LogP contribution in [-0.4, -0.2) is 18.0 Å². The Morgan fingerprint density at radius 1 is 1.04 bits per heavy atom. The zero-order valence-corrected chi connectivity index (χ0v) is 15.7.